The zero-order chi connectivity index (χ0) is 14.4. The molecule has 6 heteroatoms. The van der Waals surface area contributed by atoms with Gasteiger partial charge in [0.2, 0.25) is 11.8 Å². The molecule has 1 aromatic heterocycles. The maximum Gasteiger partial charge on any atom is 0.250 e. The Hall–Kier alpha value is -2.11. The number of nitrogens with zero attached hydrogens (tertiary/aromatic N) is 1. The van der Waals surface area contributed by atoms with E-state index in [1.54, 1.807) is 19.1 Å². The number of carbonyl (C=O) groups excluding carboxylic acids is 2. The van der Waals surface area contributed by atoms with E-state index in [1.807, 2.05) is 13.8 Å². The summed E-state index contributed by atoms with van der Waals surface area (Å²) < 4.78 is 0. The van der Waals surface area contributed by atoms with E-state index in [2.05, 4.69) is 15.6 Å². The van der Waals surface area contributed by atoms with Crippen LogP contribution in [0.1, 0.15) is 31.1 Å². The molecule has 1 atom stereocenters. The lowest BCUT2D eigenvalue weighted by Crippen LogP contribution is -2.39. The number of carbonyl (C=O) groups is 2. The van der Waals surface area contributed by atoms with Crippen LogP contribution in [0, 0.1) is 5.92 Å². The number of hydrogen-bond acceptors (Lipinski definition) is 4. The molecule has 4 N–H and O–H groups in total. The van der Waals surface area contributed by atoms with Gasteiger partial charge in [-0.25, -0.2) is 4.98 Å². The summed E-state index contributed by atoms with van der Waals surface area (Å²) in [6.07, 6.45) is 1.38. The van der Waals surface area contributed by atoms with Gasteiger partial charge in [0.15, 0.2) is 0 Å². The number of hydrogen-bond donors (Lipinski definition) is 3. The standard InChI is InChI=1S/C13H20N4O2/c1-8(2)6-16-13(19)9(3)17-11-5-4-10(7-15-11)12(14)18/h4-5,7-9H,6H2,1-3H3,(H2,14,18)(H,15,17)(H,16,19). The predicted octanol–water partition coefficient (Wildman–Crippen LogP) is 0.753. The molecular formula is C13H20N4O2. The smallest absolute Gasteiger partial charge is 0.250 e. The molecule has 0 aromatic carbocycles. The summed E-state index contributed by atoms with van der Waals surface area (Å²) in [4.78, 5) is 26.7. The number of nitrogens with two attached hydrogens (primary N) is 1. The number of anilines is 1. The summed E-state index contributed by atoms with van der Waals surface area (Å²) in [6.45, 7) is 6.45. The summed E-state index contributed by atoms with van der Waals surface area (Å²) in [6, 6.07) is 2.79. The lowest BCUT2D eigenvalue weighted by Gasteiger charge is -2.15. The Bertz CT molecular complexity index is 442. The van der Waals surface area contributed by atoms with Gasteiger partial charge in [-0.2, -0.15) is 0 Å². The van der Waals surface area contributed by atoms with Gasteiger partial charge in [0.05, 0.1) is 5.56 Å². The van der Waals surface area contributed by atoms with Crippen LogP contribution >= 0.6 is 0 Å². The van der Waals surface area contributed by atoms with Gasteiger partial charge in [-0.3, -0.25) is 9.59 Å². The van der Waals surface area contributed by atoms with Crippen molar-refractivity contribution < 1.29 is 9.59 Å². The Morgan fingerprint density at radius 3 is 2.47 bits per heavy atom. The Kier molecular flexibility index (Phi) is 5.29. The van der Waals surface area contributed by atoms with Crippen LogP contribution in [0.25, 0.3) is 0 Å². The Labute approximate surface area is 112 Å². The largest absolute Gasteiger partial charge is 0.366 e. The van der Waals surface area contributed by atoms with Gasteiger partial charge < -0.3 is 16.4 Å². The second kappa shape index (κ2) is 6.72. The molecule has 0 aliphatic heterocycles. The SMILES string of the molecule is CC(C)CNC(=O)C(C)Nc1ccc(C(N)=O)cn1. The van der Waals surface area contributed by atoms with E-state index in [0.29, 0.717) is 23.8 Å². The minimum absolute atomic E-state index is 0.0884. The van der Waals surface area contributed by atoms with Gasteiger partial charge in [-0.15, -0.1) is 0 Å². The highest BCUT2D eigenvalue weighted by atomic mass is 16.2. The fourth-order valence-electron chi connectivity index (χ4n) is 1.37. The van der Waals surface area contributed by atoms with E-state index >= 15 is 0 Å². The zero-order valence-corrected chi connectivity index (χ0v) is 11.4. The van der Waals surface area contributed by atoms with Crippen molar-refractivity contribution >= 4 is 17.6 Å². The van der Waals surface area contributed by atoms with Crippen LogP contribution in [-0.4, -0.2) is 29.4 Å². The minimum Gasteiger partial charge on any atom is -0.366 e. The lowest BCUT2D eigenvalue weighted by molar-refractivity contribution is -0.121. The third kappa shape index (κ3) is 4.95. The number of pyridine rings is 1. The predicted molar refractivity (Wildman–Crippen MR) is 73.7 cm³/mol. The van der Waals surface area contributed by atoms with Crippen LogP contribution in [0.5, 0.6) is 0 Å². The van der Waals surface area contributed by atoms with E-state index in [9.17, 15) is 9.59 Å². The first-order valence-corrected chi connectivity index (χ1v) is 6.20. The van der Waals surface area contributed by atoms with E-state index in [4.69, 9.17) is 5.73 Å². The number of primary amides is 1. The molecule has 0 spiro atoms. The van der Waals surface area contributed by atoms with Crippen LogP contribution < -0.4 is 16.4 Å². The van der Waals surface area contributed by atoms with Gasteiger partial charge in [0.1, 0.15) is 11.9 Å². The van der Waals surface area contributed by atoms with Crippen molar-refractivity contribution in [3.63, 3.8) is 0 Å². The molecule has 1 heterocycles. The van der Waals surface area contributed by atoms with Gasteiger partial charge in [0, 0.05) is 12.7 Å². The van der Waals surface area contributed by atoms with Gasteiger partial charge in [-0.1, -0.05) is 13.8 Å². The van der Waals surface area contributed by atoms with Crippen molar-refractivity contribution in [2.24, 2.45) is 11.7 Å². The van der Waals surface area contributed by atoms with Gasteiger partial charge in [-0.05, 0) is 25.0 Å². The third-order valence-electron chi connectivity index (χ3n) is 2.49. The molecule has 0 fully saturated rings. The summed E-state index contributed by atoms with van der Waals surface area (Å²) in [7, 11) is 0. The molecule has 1 aromatic rings. The van der Waals surface area contributed by atoms with Crippen LogP contribution in [-0.2, 0) is 4.79 Å². The van der Waals surface area contributed by atoms with E-state index in [0.717, 1.165) is 0 Å². The minimum atomic E-state index is -0.526. The third-order valence-corrected chi connectivity index (χ3v) is 2.49. The Morgan fingerprint density at radius 1 is 1.32 bits per heavy atom. The Balaban J connectivity index is 2.54. The highest BCUT2D eigenvalue weighted by molar-refractivity contribution is 5.92. The van der Waals surface area contributed by atoms with Crippen LogP contribution in [0.2, 0.25) is 0 Å². The molecule has 1 unspecified atom stereocenters. The topological polar surface area (TPSA) is 97.1 Å². The van der Waals surface area contributed by atoms with E-state index in [-0.39, 0.29) is 5.91 Å². The molecule has 0 aliphatic carbocycles. The van der Waals surface area contributed by atoms with Crippen LogP contribution in [0.3, 0.4) is 0 Å². The fraction of sp³-hybridized carbons (Fsp3) is 0.462. The highest BCUT2D eigenvalue weighted by Gasteiger charge is 2.13. The normalized spacial score (nSPS) is 12.0. The molecular weight excluding hydrogens is 244 g/mol. The molecule has 0 saturated heterocycles. The number of rotatable bonds is 6. The van der Waals surface area contributed by atoms with Crippen molar-refractivity contribution in [3.8, 4) is 0 Å². The second-order valence-corrected chi connectivity index (χ2v) is 4.80. The molecule has 0 aliphatic rings. The molecule has 104 valence electrons. The van der Waals surface area contributed by atoms with E-state index in [1.165, 1.54) is 6.20 Å². The highest BCUT2D eigenvalue weighted by Crippen LogP contribution is 2.06. The van der Waals surface area contributed by atoms with Crippen molar-refractivity contribution in [3.05, 3.63) is 23.9 Å². The molecule has 0 bridgehead atoms. The molecule has 6 nitrogen and oxygen atoms in total. The second-order valence-electron chi connectivity index (χ2n) is 4.80. The average molecular weight is 264 g/mol. The monoisotopic (exact) mass is 264 g/mol. The van der Waals surface area contributed by atoms with Crippen LogP contribution in [0.15, 0.2) is 18.3 Å². The fourth-order valence-corrected chi connectivity index (χ4v) is 1.37. The average Bonchev–Trinajstić information content (AvgIpc) is 2.36. The zero-order valence-electron chi connectivity index (χ0n) is 11.4. The number of amides is 2. The summed E-state index contributed by atoms with van der Waals surface area (Å²) >= 11 is 0. The summed E-state index contributed by atoms with van der Waals surface area (Å²) in [5.74, 6) is 0.317. The number of aromatic nitrogens is 1. The Morgan fingerprint density at radius 2 is 2.00 bits per heavy atom. The molecule has 2 amide bonds. The first kappa shape index (κ1) is 14.9. The van der Waals surface area contributed by atoms with Crippen molar-refractivity contribution in [1.29, 1.82) is 0 Å². The first-order valence-electron chi connectivity index (χ1n) is 6.20. The maximum atomic E-state index is 11.8. The first-order chi connectivity index (χ1) is 8.90. The molecule has 0 radical (unpaired) electrons. The molecule has 1 rings (SSSR count). The maximum absolute atomic E-state index is 11.8. The van der Waals surface area contributed by atoms with E-state index < -0.39 is 11.9 Å². The van der Waals surface area contributed by atoms with Crippen molar-refractivity contribution in [2.45, 2.75) is 26.8 Å². The van der Waals surface area contributed by atoms with Crippen molar-refractivity contribution in [2.75, 3.05) is 11.9 Å². The van der Waals surface area contributed by atoms with Gasteiger partial charge in [0.25, 0.3) is 0 Å². The summed E-state index contributed by atoms with van der Waals surface area (Å²) in [5.41, 5.74) is 5.45. The van der Waals surface area contributed by atoms with Gasteiger partial charge >= 0.3 is 0 Å². The molecule has 19 heavy (non-hydrogen) atoms. The lowest BCUT2D eigenvalue weighted by atomic mass is 10.2. The number of nitrogens with one attached hydrogen (secondary N) is 2. The summed E-state index contributed by atoms with van der Waals surface area (Å²) in [5, 5.41) is 5.78. The quantitative estimate of drug-likeness (QED) is 0.706. The van der Waals surface area contributed by atoms with Crippen LogP contribution in [0.4, 0.5) is 5.82 Å². The van der Waals surface area contributed by atoms with Crippen molar-refractivity contribution in [1.82, 2.24) is 10.3 Å². The molecule has 0 saturated carbocycles.